The summed E-state index contributed by atoms with van der Waals surface area (Å²) in [5.74, 6) is -2.02. The lowest BCUT2D eigenvalue weighted by molar-refractivity contribution is -0.310. The second kappa shape index (κ2) is 26.0. The van der Waals surface area contributed by atoms with Crippen LogP contribution >= 0.6 is 23.5 Å². The lowest BCUT2D eigenvalue weighted by Gasteiger charge is -2.49. The van der Waals surface area contributed by atoms with Crippen LogP contribution in [-0.2, 0) is 33.2 Å². The third-order valence-electron chi connectivity index (χ3n) is 10.9. The van der Waals surface area contributed by atoms with Crippen molar-refractivity contribution in [3.8, 4) is 0 Å². The third-order valence-corrected chi connectivity index (χ3v) is 12.5. The van der Waals surface area contributed by atoms with Gasteiger partial charge in [0.1, 0.15) is 79.2 Å². The van der Waals surface area contributed by atoms with Gasteiger partial charge in [-0.05, 0) is 12.7 Å². The Balaban J connectivity index is 1.73. The maximum absolute atomic E-state index is 12.1. The zero-order chi connectivity index (χ0) is 49.7. The van der Waals surface area contributed by atoms with Crippen molar-refractivity contribution < 1.29 is 63.8 Å². The zero-order valence-corrected chi connectivity index (χ0v) is 38.1. The Hall–Kier alpha value is -4.20. The molecule has 12 unspecified atom stereocenters. The summed E-state index contributed by atoms with van der Waals surface area (Å²) in [4.78, 5) is 0. The van der Waals surface area contributed by atoms with Crippen LogP contribution in [0.3, 0.4) is 0 Å². The van der Waals surface area contributed by atoms with E-state index in [4.69, 9.17) is 100 Å². The van der Waals surface area contributed by atoms with Gasteiger partial charge in [-0.2, -0.15) is 23.5 Å². The minimum Gasteiger partial charge on any atom is -0.388 e. The molecule has 4 fully saturated rings. The smallest absolute Gasteiger partial charge is 0.187 e. The molecule has 0 spiro atoms. The van der Waals surface area contributed by atoms with Crippen LogP contribution in [0, 0.1) is 32.5 Å². The second-order valence-electron chi connectivity index (χ2n) is 15.9. The fourth-order valence-electron chi connectivity index (χ4n) is 7.88. The first-order chi connectivity index (χ1) is 31.6. The van der Waals surface area contributed by atoms with E-state index in [9.17, 15) is 30.6 Å². The summed E-state index contributed by atoms with van der Waals surface area (Å²) in [5.41, 5.74) is 33.7. The molecule has 0 aromatic carbocycles. The normalized spacial score (nSPS) is 37.4. The summed E-state index contributed by atoms with van der Waals surface area (Å²) < 4.78 is 43.3. The van der Waals surface area contributed by atoms with Crippen LogP contribution in [0.2, 0.25) is 0 Å². The molecule has 33 heteroatoms. The molecule has 67 heavy (non-hydrogen) atoms. The molecule has 3 aliphatic heterocycles. The van der Waals surface area contributed by atoms with Crippen molar-refractivity contribution in [3.05, 3.63) is 0 Å². The lowest BCUT2D eigenvalue weighted by atomic mass is 9.83. The average molecular weight is 1000 g/mol. The van der Waals surface area contributed by atoms with Crippen molar-refractivity contribution in [3.63, 3.8) is 0 Å². The average Bonchev–Trinajstić information content (AvgIpc) is 3.52. The van der Waals surface area contributed by atoms with Crippen molar-refractivity contribution in [2.45, 2.75) is 123 Å². The van der Waals surface area contributed by atoms with E-state index in [0.717, 1.165) is 5.75 Å². The second-order valence-corrected chi connectivity index (χ2v) is 18.0. The third kappa shape index (κ3) is 15.7. The maximum Gasteiger partial charge on any atom is 0.187 e. The molecule has 3 saturated heterocycles. The van der Waals surface area contributed by atoms with Crippen LogP contribution in [0.1, 0.15) is 6.42 Å². The molecule has 0 amide bonds. The summed E-state index contributed by atoms with van der Waals surface area (Å²) in [6.45, 7) is 0.296. The predicted octanol–water partition coefficient (Wildman–Crippen LogP) is -9.63. The van der Waals surface area contributed by atoms with Crippen molar-refractivity contribution in [1.29, 1.82) is 32.5 Å². The fraction of sp³-hybridized carbons (Fsp3) is 0.824. The molecular weight excluding hydrogens is 933 g/mol. The van der Waals surface area contributed by atoms with Gasteiger partial charge >= 0.3 is 0 Å². The van der Waals surface area contributed by atoms with Gasteiger partial charge < -0.3 is 130 Å². The Morgan fingerprint density at radius 3 is 1.45 bits per heavy atom. The van der Waals surface area contributed by atoms with E-state index in [1.165, 1.54) is 11.8 Å². The molecule has 3 heterocycles. The lowest BCUT2D eigenvalue weighted by Crippen LogP contribution is -2.71. The Labute approximate surface area is 393 Å². The van der Waals surface area contributed by atoms with E-state index in [0.29, 0.717) is 19.0 Å². The van der Waals surface area contributed by atoms with E-state index in [-0.39, 0.29) is 25.3 Å². The quantitative estimate of drug-likeness (QED) is 0.0272. The molecule has 31 nitrogen and oxygen atoms in total. The maximum atomic E-state index is 12.1. The van der Waals surface area contributed by atoms with Crippen LogP contribution in [0.15, 0.2) is 0 Å². The molecule has 0 aromatic heterocycles. The van der Waals surface area contributed by atoms with Crippen LogP contribution in [0.4, 0.5) is 0 Å². The molecular formula is C34H68N18O13S2. The van der Waals surface area contributed by atoms with Crippen molar-refractivity contribution >= 4 is 59.3 Å². The van der Waals surface area contributed by atoms with Gasteiger partial charge in [-0.15, -0.1) is 0 Å². The summed E-state index contributed by atoms with van der Waals surface area (Å²) >= 11 is 2.98. The first-order valence-electron chi connectivity index (χ1n) is 20.9. The Bertz CT molecular complexity index is 1670. The van der Waals surface area contributed by atoms with Gasteiger partial charge in [-0.1, -0.05) is 0 Å². The van der Waals surface area contributed by atoms with Crippen LogP contribution < -0.4 is 66.3 Å². The number of thioether (sulfide) groups is 2. The van der Waals surface area contributed by atoms with Gasteiger partial charge in [0, 0.05) is 30.3 Å². The summed E-state index contributed by atoms with van der Waals surface area (Å²) in [7, 11) is 0. The molecule has 1 aliphatic carbocycles. The monoisotopic (exact) mass is 1000 g/mol. The molecule has 1 saturated carbocycles. The standard InChI is InChI=1S/C34H68N18O13S2/c1-66-4-2-59-3-5-67-9-14-24(64-27-16(52-34(45)46)21(57)19(55)13(61-27)8-48-30(37)38)22(58)28(62-14)65-25-17(53)10(49-31(39)40)6-11(50-32(41)42)23(25)63-26-15(51-33(43)44)20(56)18(54)12(60-26)7-47-29(35)36/h10-28,53-58H,2-9H2,1H3,(H4,35,36,47)(H4,37,38,48)(H4,39,40,49)(H4,41,42,50)(H4,43,44,51)(H4,45,46,52)/t10-,11?,12?,13?,14-,15?,16?,17?,18-,19?,20?,21?,22+,23-,24?,25?,26-,27?,28+/m1/s1. The molecule has 384 valence electrons. The number of hydrogen-bond acceptors (Lipinski definition) is 21. The molecule has 30 N–H and O–H groups in total. The van der Waals surface area contributed by atoms with E-state index in [1.54, 1.807) is 11.8 Å². The Morgan fingerprint density at radius 2 is 0.970 bits per heavy atom. The number of rotatable bonds is 22. The van der Waals surface area contributed by atoms with Gasteiger partial charge in [-0.25, -0.2) is 0 Å². The number of guanidine groups is 6. The molecule has 0 aromatic rings. The highest BCUT2D eigenvalue weighted by atomic mass is 32.2. The molecule has 0 radical (unpaired) electrons. The van der Waals surface area contributed by atoms with E-state index in [2.05, 4.69) is 31.9 Å². The summed E-state index contributed by atoms with van der Waals surface area (Å²) in [6, 6.07) is -5.13. The summed E-state index contributed by atoms with van der Waals surface area (Å²) in [6.07, 6.45) is -21.5. The summed E-state index contributed by atoms with van der Waals surface area (Å²) in [5, 5.41) is 131. The van der Waals surface area contributed by atoms with Crippen LogP contribution in [0.5, 0.6) is 0 Å². The number of nitrogens with two attached hydrogens (primary N) is 6. The van der Waals surface area contributed by atoms with E-state index < -0.39 is 152 Å². The highest BCUT2D eigenvalue weighted by Crippen LogP contribution is 2.36. The molecule has 19 atom stereocenters. The predicted molar refractivity (Wildman–Crippen MR) is 243 cm³/mol. The Kier molecular flexibility index (Phi) is 21.5. The van der Waals surface area contributed by atoms with Crippen molar-refractivity contribution in [2.75, 3.05) is 49.8 Å². The van der Waals surface area contributed by atoms with Crippen molar-refractivity contribution in [1.82, 2.24) is 31.9 Å². The highest BCUT2D eigenvalue weighted by molar-refractivity contribution is 7.99. The number of nitrogens with one attached hydrogen (secondary N) is 12. The van der Waals surface area contributed by atoms with Crippen LogP contribution in [0.25, 0.3) is 0 Å². The van der Waals surface area contributed by atoms with Crippen molar-refractivity contribution in [2.24, 2.45) is 34.4 Å². The number of aliphatic hydroxyl groups is 6. The first-order valence-corrected chi connectivity index (χ1v) is 23.4. The highest BCUT2D eigenvalue weighted by Gasteiger charge is 2.56. The zero-order valence-electron chi connectivity index (χ0n) is 36.4. The van der Waals surface area contributed by atoms with E-state index in [1.807, 2.05) is 6.26 Å². The van der Waals surface area contributed by atoms with Gasteiger partial charge in [-0.3, -0.25) is 32.5 Å². The largest absolute Gasteiger partial charge is 0.388 e. The number of ether oxygens (including phenoxy) is 7. The molecule has 0 bridgehead atoms. The topological polar surface area (TPSA) is 557 Å². The van der Waals surface area contributed by atoms with E-state index >= 15 is 0 Å². The van der Waals surface area contributed by atoms with Gasteiger partial charge in [0.25, 0.3) is 0 Å². The minimum atomic E-state index is -1.77. The minimum absolute atomic E-state index is 0.117. The molecule has 4 rings (SSSR count). The Morgan fingerprint density at radius 1 is 0.522 bits per heavy atom. The number of hydrogen-bond donors (Lipinski definition) is 24. The van der Waals surface area contributed by atoms with Gasteiger partial charge in [0.2, 0.25) is 0 Å². The van der Waals surface area contributed by atoms with Gasteiger partial charge in [0.15, 0.2) is 54.6 Å². The fourth-order valence-corrected chi connectivity index (χ4v) is 9.07. The molecule has 4 aliphatic rings. The first kappa shape index (κ1) is 55.4. The SMILES string of the molecule is CSCCOCCSC[C@H]1O[C@@H](OC2C(O)[C@H](NC(=N)N)CC(NC(=N)N)[C@H]2O[C@H]2OC(CNC(=N)N)[C@@H](O)C(O)C2NC(=N)N)[C@@H](O)C1OC1OC(CNC(=N)N)C(O)C(O)C1NC(=N)N. The van der Waals surface area contributed by atoms with Crippen LogP contribution in [-0.4, -0.2) is 232 Å². The number of aliphatic hydroxyl groups excluding tert-OH is 6. The van der Waals surface area contributed by atoms with Gasteiger partial charge in [0.05, 0.1) is 31.4 Å².